The second kappa shape index (κ2) is 9.11. The van der Waals surface area contributed by atoms with E-state index in [2.05, 4.69) is 16.4 Å². The first-order valence-corrected chi connectivity index (χ1v) is 10.1. The van der Waals surface area contributed by atoms with Gasteiger partial charge in [0.2, 0.25) is 5.91 Å². The Hall–Kier alpha value is -4.50. The molecular weight excluding hydrogens is 400 g/mol. The van der Waals surface area contributed by atoms with Crippen LogP contribution in [-0.4, -0.2) is 23.2 Å². The highest BCUT2D eigenvalue weighted by atomic mass is 16.1. The van der Waals surface area contributed by atoms with E-state index in [4.69, 9.17) is 0 Å². The van der Waals surface area contributed by atoms with Gasteiger partial charge >= 0.3 is 0 Å². The van der Waals surface area contributed by atoms with Gasteiger partial charge in [-0.1, -0.05) is 36.4 Å². The first-order valence-electron chi connectivity index (χ1n) is 10.1. The molecule has 0 fully saturated rings. The van der Waals surface area contributed by atoms with Crippen LogP contribution in [0.2, 0.25) is 0 Å². The number of amides is 1. The minimum atomic E-state index is -0.636. The number of hydrogen-bond acceptors (Lipinski definition) is 5. The third kappa shape index (κ3) is 4.05. The highest BCUT2D eigenvalue weighted by molar-refractivity contribution is 6.01. The predicted molar refractivity (Wildman–Crippen MR) is 124 cm³/mol. The van der Waals surface area contributed by atoms with E-state index in [-0.39, 0.29) is 5.91 Å². The zero-order chi connectivity index (χ0) is 22.5. The van der Waals surface area contributed by atoms with Crippen LogP contribution in [0.1, 0.15) is 23.7 Å². The number of benzene rings is 2. The van der Waals surface area contributed by atoms with Gasteiger partial charge in [-0.15, -0.1) is 0 Å². The van der Waals surface area contributed by atoms with Crippen LogP contribution in [0, 0.1) is 11.3 Å². The number of rotatable bonds is 5. The average Bonchev–Trinajstić information content (AvgIpc) is 2.83. The third-order valence-corrected chi connectivity index (χ3v) is 5.14. The van der Waals surface area contributed by atoms with Crippen LogP contribution in [0.4, 0.5) is 11.4 Å². The Morgan fingerprint density at radius 3 is 2.56 bits per heavy atom. The van der Waals surface area contributed by atoms with Crippen LogP contribution in [-0.2, 0) is 9.59 Å². The third-order valence-electron chi connectivity index (χ3n) is 5.14. The van der Waals surface area contributed by atoms with E-state index in [0.29, 0.717) is 33.7 Å². The Morgan fingerprint density at radius 2 is 1.84 bits per heavy atom. The van der Waals surface area contributed by atoms with Gasteiger partial charge in [-0.3, -0.25) is 9.78 Å². The summed E-state index contributed by atoms with van der Waals surface area (Å²) in [4.78, 5) is 30.4. The summed E-state index contributed by atoms with van der Waals surface area (Å²) >= 11 is 0. The Kier molecular flexibility index (Phi) is 5.91. The van der Waals surface area contributed by atoms with Gasteiger partial charge in [0.15, 0.2) is 0 Å². The maximum Gasteiger partial charge on any atom is 0.221 e. The summed E-state index contributed by atoms with van der Waals surface area (Å²) in [7, 11) is 0. The van der Waals surface area contributed by atoms with Crippen LogP contribution in [0.15, 0.2) is 85.2 Å². The molecule has 1 N–H and O–H groups in total. The molecule has 0 saturated heterocycles. The van der Waals surface area contributed by atoms with E-state index in [1.54, 1.807) is 30.5 Å². The monoisotopic (exact) mass is 420 g/mol. The molecule has 0 spiro atoms. The number of nitrogens with one attached hydrogen (secondary N) is 1. The number of pyridine rings is 1. The maximum absolute atomic E-state index is 12.3. The van der Waals surface area contributed by atoms with E-state index in [1.165, 1.54) is 6.92 Å². The molecule has 1 atom stereocenters. The predicted octanol–water partition coefficient (Wildman–Crippen LogP) is 4.42. The molecule has 2 heterocycles. The first kappa shape index (κ1) is 20.8. The lowest BCUT2D eigenvalue weighted by Gasteiger charge is -2.33. The average molecular weight is 420 g/mol. The van der Waals surface area contributed by atoms with Gasteiger partial charge in [0, 0.05) is 30.6 Å². The second-order valence-electron chi connectivity index (χ2n) is 7.25. The van der Waals surface area contributed by atoms with E-state index in [1.807, 2.05) is 59.6 Å². The summed E-state index contributed by atoms with van der Waals surface area (Å²) in [6.45, 7) is 1.44. The van der Waals surface area contributed by atoms with Crippen molar-refractivity contribution in [2.75, 3.05) is 10.2 Å². The molecule has 1 unspecified atom stereocenters. The molecule has 1 aliphatic heterocycles. The van der Waals surface area contributed by atoms with E-state index >= 15 is 0 Å². The van der Waals surface area contributed by atoms with Crippen molar-refractivity contribution in [3.8, 4) is 6.07 Å². The first-order chi connectivity index (χ1) is 15.6. The smallest absolute Gasteiger partial charge is 0.221 e. The lowest BCUT2D eigenvalue weighted by atomic mass is 9.89. The van der Waals surface area contributed by atoms with Crippen LogP contribution in [0.5, 0.6) is 0 Å². The van der Waals surface area contributed by atoms with Crippen molar-refractivity contribution in [1.82, 2.24) is 4.98 Å². The number of aromatic nitrogens is 1. The van der Waals surface area contributed by atoms with Crippen LogP contribution in [0.25, 0.3) is 11.1 Å². The molecule has 1 amide bonds. The Labute approximate surface area is 186 Å². The minimum Gasteiger partial charge on any atom is -0.333 e. The summed E-state index contributed by atoms with van der Waals surface area (Å²) in [6.07, 6.45) is 6.23. The standard InChI is InChI=1S/C26H20N4O2/c1-18(32)29-24-12-7-13-28-26(24)20-14-23(22-11-6-5-8-19(22)15-27)25(17-31)30(16-20)21-9-3-2-4-10-21/h2-14,16-17,25H,1H3,(H,29,32). The Balaban J connectivity index is 1.95. The topological polar surface area (TPSA) is 86.1 Å². The summed E-state index contributed by atoms with van der Waals surface area (Å²) in [5, 5.41) is 12.5. The minimum absolute atomic E-state index is 0.208. The van der Waals surface area contributed by atoms with Gasteiger partial charge in [-0.25, -0.2) is 0 Å². The number of carbonyl (C=O) groups excluding carboxylic acids is 2. The number of anilines is 2. The van der Waals surface area contributed by atoms with Gasteiger partial charge in [0.1, 0.15) is 12.3 Å². The molecule has 6 heteroatoms. The van der Waals surface area contributed by atoms with Crippen molar-refractivity contribution in [3.05, 3.63) is 102 Å². The fraction of sp³-hybridized carbons (Fsp3) is 0.0769. The molecule has 0 saturated carbocycles. The zero-order valence-electron chi connectivity index (χ0n) is 17.4. The lowest BCUT2D eigenvalue weighted by molar-refractivity contribution is -0.114. The van der Waals surface area contributed by atoms with Crippen molar-refractivity contribution in [2.24, 2.45) is 0 Å². The number of nitrogens with zero attached hydrogens (tertiary/aromatic N) is 3. The van der Waals surface area contributed by atoms with Crippen LogP contribution < -0.4 is 10.2 Å². The van der Waals surface area contributed by atoms with E-state index in [9.17, 15) is 14.9 Å². The van der Waals surface area contributed by atoms with Crippen LogP contribution >= 0.6 is 0 Å². The zero-order valence-corrected chi connectivity index (χ0v) is 17.4. The summed E-state index contributed by atoms with van der Waals surface area (Å²) in [5.74, 6) is -0.208. The molecule has 3 aromatic rings. The fourth-order valence-electron chi connectivity index (χ4n) is 3.77. The molecule has 156 valence electrons. The largest absolute Gasteiger partial charge is 0.333 e. The summed E-state index contributed by atoms with van der Waals surface area (Å²) in [5.41, 5.74) is 4.49. The number of hydrogen-bond donors (Lipinski definition) is 1. The number of nitriles is 1. The number of para-hydroxylation sites is 1. The van der Waals surface area contributed by atoms with Gasteiger partial charge in [0.05, 0.1) is 23.0 Å². The van der Waals surface area contributed by atoms with Gasteiger partial charge in [-0.05, 0) is 47.5 Å². The van der Waals surface area contributed by atoms with Gasteiger partial charge < -0.3 is 15.0 Å². The highest BCUT2D eigenvalue weighted by Gasteiger charge is 2.29. The molecule has 32 heavy (non-hydrogen) atoms. The SMILES string of the molecule is CC(=O)Nc1cccnc1C1=CN(c2ccccc2)C(C=O)C(c2ccccc2C#N)=C1. The van der Waals surface area contributed by atoms with E-state index in [0.717, 1.165) is 12.0 Å². The van der Waals surface area contributed by atoms with Crippen molar-refractivity contribution < 1.29 is 9.59 Å². The molecule has 2 aromatic carbocycles. The lowest BCUT2D eigenvalue weighted by Crippen LogP contribution is -2.36. The van der Waals surface area contributed by atoms with Gasteiger partial charge in [-0.2, -0.15) is 5.26 Å². The van der Waals surface area contributed by atoms with Crippen molar-refractivity contribution >= 4 is 34.7 Å². The van der Waals surface area contributed by atoms with Crippen molar-refractivity contribution in [3.63, 3.8) is 0 Å². The molecule has 0 aliphatic carbocycles. The molecule has 0 radical (unpaired) electrons. The number of allylic oxidation sites excluding steroid dienone is 2. The summed E-state index contributed by atoms with van der Waals surface area (Å²) in [6, 6.07) is 21.8. The normalized spacial score (nSPS) is 15.2. The quantitative estimate of drug-likeness (QED) is 0.618. The highest BCUT2D eigenvalue weighted by Crippen LogP contribution is 2.37. The Morgan fingerprint density at radius 1 is 1.09 bits per heavy atom. The number of carbonyl (C=O) groups is 2. The molecule has 1 aromatic heterocycles. The van der Waals surface area contributed by atoms with Crippen molar-refractivity contribution in [1.29, 1.82) is 5.26 Å². The van der Waals surface area contributed by atoms with E-state index < -0.39 is 6.04 Å². The summed E-state index contributed by atoms with van der Waals surface area (Å²) < 4.78 is 0. The number of aldehydes is 1. The Bertz CT molecular complexity index is 1270. The van der Waals surface area contributed by atoms with Gasteiger partial charge in [0.25, 0.3) is 0 Å². The fourth-order valence-corrected chi connectivity index (χ4v) is 3.77. The second-order valence-corrected chi connectivity index (χ2v) is 7.25. The molecule has 0 bridgehead atoms. The maximum atomic E-state index is 12.3. The molecular formula is C26H20N4O2. The molecule has 1 aliphatic rings. The molecule has 6 nitrogen and oxygen atoms in total. The molecule has 4 rings (SSSR count). The van der Waals surface area contributed by atoms with Crippen LogP contribution in [0.3, 0.4) is 0 Å². The van der Waals surface area contributed by atoms with Crippen molar-refractivity contribution in [2.45, 2.75) is 13.0 Å².